The third-order valence-corrected chi connectivity index (χ3v) is 5.54. The van der Waals surface area contributed by atoms with Gasteiger partial charge in [-0.15, -0.1) is 0 Å². The Morgan fingerprint density at radius 3 is 2.27 bits per heavy atom. The van der Waals surface area contributed by atoms with Crippen molar-refractivity contribution in [3.8, 4) is 0 Å². The van der Waals surface area contributed by atoms with Crippen LogP contribution in [0.25, 0.3) is 0 Å². The molecule has 0 unspecified atom stereocenters. The molecule has 3 amide bonds. The van der Waals surface area contributed by atoms with E-state index in [-0.39, 0.29) is 23.6 Å². The van der Waals surface area contributed by atoms with Crippen LogP contribution in [-0.2, 0) is 11.3 Å². The maximum absolute atomic E-state index is 13.0. The van der Waals surface area contributed by atoms with Crippen molar-refractivity contribution < 1.29 is 18.8 Å². The summed E-state index contributed by atoms with van der Waals surface area (Å²) in [4.78, 5) is 42.6. The smallest absolute Gasteiger partial charge is 0.289 e. The molecule has 0 atom stereocenters. The Balaban J connectivity index is 1.56. The second-order valence-electron chi connectivity index (χ2n) is 7.79. The monoisotopic (exact) mass is 411 g/mol. The molecule has 0 spiro atoms. The molecule has 7 nitrogen and oxygen atoms in total. The molecule has 2 heterocycles. The lowest BCUT2D eigenvalue weighted by Crippen LogP contribution is -2.44. The van der Waals surface area contributed by atoms with Crippen LogP contribution < -0.4 is 0 Å². The van der Waals surface area contributed by atoms with Crippen LogP contribution in [0.1, 0.15) is 46.2 Å². The zero-order valence-corrected chi connectivity index (χ0v) is 17.8. The molecule has 1 fully saturated rings. The fraction of sp³-hybridized carbons (Fsp3) is 0.435. The maximum Gasteiger partial charge on any atom is 0.289 e. The topological polar surface area (TPSA) is 74.1 Å². The van der Waals surface area contributed by atoms with Gasteiger partial charge in [-0.25, -0.2) is 0 Å². The summed E-state index contributed by atoms with van der Waals surface area (Å²) in [6, 6.07) is 10.8. The molecule has 1 aromatic carbocycles. The first kappa shape index (κ1) is 21.6. The van der Waals surface area contributed by atoms with Gasteiger partial charge >= 0.3 is 0 Å². The predicted molar refractivity (Wildman–Crippen MR) is 113 cm³/mol. The van der Waals surface area contributed by atoms with Gasteiger partial charge in [0.25, 0.3) is 11.8 Å². The lowest BCUT2D eigenvalue weighted by molar-refractivity contribution is -0.137. The Bertz CT molecular complexity index is 866. The summed E-state index contributed by atoms with van der Waals surface area (Å²) >= 11 is 0. The van der Waals surface area contributed by atoms with Gasteiger partial charge in [0.1, 0.15) is 0 Å². The Kier molecular flexibility index (Phi) is 6.92. The standard InChI is InChI=1S/C23H29N3O4/c1-4-25(16-17-7-9-18(10-8-17)21(27)24(2)3)22(28)19-11-13-26(14-12-19)23(29)20-6-5-15-30-20/h5-10,15,19H,4,11-14,16H2,1-3H3. The summed E-state index contributed by atoms with van der Waals surface area (Å²) in [7, 11) is 3.45. The zero-order chi connectivity index (χ0) is 21.7. The third kappa shape index (κ3) is 4.90. The quantitative estimate of drug-likeness (QED) is 0.733. The number of hydrogen-bond donors (Lipinski definition) is 0. The summed E-state index contributed by atoms with van der Waals surface area (Å²) in [5.41, 5.74) is 1.62. The van der Waals surface area contributed by atoms with Gasteiger partial charge in [-0.05, 0) is 49.6 Å². The van der Waals surface area contributed by atoms with Crippen LogP contribution in [0.4, 0.5) is 0 Å². The minimum absolute atomic E-state index is 0.0409. The van der Waals surface area contributed by atoms with E-state index in [4.69, 9.17) is 4.42 Å². The third-order valence-electron chi connectivity index (χ3n) is 5.54. The normalized spacial score (nSPS) is 14.4. The number of carbonyl (C=O) groups excluding carboxylic acids is 3. The molecule has 1 saturated heterocycles. The summed E-state index contributed by atoms with van der Waals surface area (Å²) in [5.74, 6) is 0.217. The van der Waals surface area contributed by atoms with Crippen molar-refractivity contribution in [3.63, 3.8) is 0 Å². The number of carbonyl (C=O) groups is 3. The molecule has 0 aliphatic carbocycles. The number of benzene rings is 1. The largest absolute Gasteiger partial charge is 0.459 e. The second kappa shape index (κ2) is 9.61. The molecule has 160 valence electrons. The predicted octanol–water partition coefficient (Wildman–Crippen LogP) is 2.88. The minimum atomic E-state index is -0.120. The first-order valence-corrected chi connectivity index (χ1v) is 10.3. The molecule has 0 N–H and O–H groups in total. The highest BCUT2D eigenvalue weighted by atomic mass is 16.3. The lowest BCUT2D eigenvalue weighted by atomic mass is 9.94. The number of likely N-dealkylation sites (tertiary alicyclic amines) is 1. The van der Waals surface area contributed by atoms with Gasteiger partial charge in [0.15, 0.2) is 5.76 Å². The molecule has 1 aliphatic rings. The van der Waals surface area contributed by atoms with E-state index in [0.29, 0.717) is 50.3 Å². The highest BCUT2D eigenvalue weighted by molar-refractivity contribution is 5.94. The maximum atomic E-state index is 13.0. The molecule has 0 bridgehead atoms. The molecule has 0 radical (unpaired) electrons. The van der Waals surface area contributed by atoms with Crippen LogP contribution >= 0.6 is 0 Å². The first-order chi connectivity index (χ1) is 14.4. The van der Waals surface area contributed by atoms with Gasteiger partial charge in [0, 0.05) is 51.8 Å². The number of amides is 3. The van der Waals surface area contributed by atoms with Gasteiger partial charge in [-0.2, -0.15) is 0 Å². The van der Waals surface area contributed by atoms with Crippen LogP contribution in [0.15, 0.2) is 47.1 Å². The van der Waals surface area contributed by atoms with Crippen LogP contribution in [-0.4, -0.2) is 66.2 Å². The number of rotatable bonds is 6. The van der Waals surface area contributed by atoms with Crippen molar-refractivity contribution in [2.45, 2.75) is 26.3 Å². The molecule has 0 saturated carbocycles. The van der Waals surface area contributed by atoms with Crippen molar-refractivity contribution >= 4 is 17.7 Å². The number of hydrogen-bond acceptors (Lipinski definition) is 4. The SMILES string of the molecule is CCN(Cc1ccc(C(=O)N(C)C)cc1)C(=O)C1CCN(C(=O)c2ccco2)CC1. The first-order valence-electron chi connectivity index (χ1n) is 10.3. The van der Waals surface area contributed by atoms with Gasteiger partial charge in [0.2, 0.25) is 5.91 Å². The van der Waals surface area contributed by atoms with Crippen molar-refractivity contribution in [1.82, 2.24) is 14.7 Å². The van der Waals surface area contributed by atoms with Crippen molar-refractivity contribution in [2.24, 2.45) is 5.92 Å². The van der Waals surface area contributed by atoms with E-state index in [2.05, 4.69) is 0 Å². The minimum Gasteiger partial charge on any atom is -0.459 e. The van der Waals surface area contributed by atoms with Gasteiger partial charge < -0.3 is 19.1 Å². The lowest BCUT2D eigenvalue weighted by Gasteiger charge is -2.33. The summed E-state index contributed by atoms with van der Waals surface area (Å²) in [5, 5.41) is 0. The van der Waals surface area contributed by atoms with E-state index in [1.807, 2.05) is 24.0 Å². The number of furan rings is 1. The summed E-state index contributed by atoms with van der Waals surface area (Å²) < 4.78 is 5.19. The van der Waals surface area contributed by atoms with Crippen LogP contribution in [0.5, 0.6) is 0 Å². The molecule has 30 heavy (non-hydrogen) atoms. The Morgan fingerprint density at radius 1 is 1.07 bits per heavy atom. The van der Waals surface area contributed by atoms with E-state index in [9.17, 15) is 14.4 Å². The highest BCUT2D eigenvalue weighted by Crippen LogP contribution is 2.22. The van der Waals surface area contributed by atoms with E-state index in [1.165, 1.54) is 6.26 Å². The van der Waals surface area contributed by atoms with E-state index in [0.717, 1.165) is 5.56 Å². The molecule has 3 rings (SSSR count). The average Bonchev–Trinajstić information content (AvgIpc) is 3.31. The van der Waals surface area contributed by atoms with Crippen molar-refractivity contribution in [3.05, 3.63) is 59.5 Å². The highest BCUT2D eigenvalue weighted by Gasteiger charge is 2.30. The molecule has 1 aromatic heterocycles. The van der Waals surface area contributed by atoms with Crippen molar-refractivity contribution in [1.29, 1.82) is 0 Å². The molecular weight excluding hydrogens is 382 g/mol. The summed E-state index contributed by atoms with van der Waals surface area (Å²) in [6.07, 6.45) is 2.79. The van der Waals surface area contributed by atoms with Crippen LogP contribution in [0, 0.1) is 5.92 Å². The van der Waals surface area contributed by atoms with Gasteiger partial charge in [-0.3, -0.25) is 14.4 Å². The molecule has 7 heteroatoms. The molecular formula is C23H29N3O4. The average molecular weight is 412 g/mol. The second-order valence-corrected chi connectivity index (χ2v) is 7.79. The number of piperidine rings is 1. The van der Waals surface area contributed by atoms with E-state index >= 15 is 0 Å². The number of nitrogens with zero attached hydrogens (tertiary/aromatic N) is 3. The van der Waals surface area contributed by atoms with Crippen LogP contribution in [0.3, 0.4) is 0 Å². The van der Waals surface area contributed by atoms with E-state index < -0.39 is 0 Å². The van der Waals surface area contributed by atoms with E-state index in [1.54, 1.807) is 48.2 Å². The fourth-order valence-corrected chi connectivity index (χ4v) is 3.72. The fourth-order valence-electron chi connectivity index (χ4n) is 3.72. The Labute approximate surface area is 177 Å². The molecule has 1 aliphatic heterocycles. The zero-order valence-electron chi connectivity index (χ0n) is 17.8. The molecule has 2 aromatic rings. The van der Waals surface area contributed by atoms with Gasteiger partial charge in [0.05, 0.1) is 6.26 Å². The van der Waals surface area contributed by atoms with Crippen molar-refractivity contribution in [2.75, 3.05) is 33.7 Å². The van der Waals surface area contributed by atoms with Crippen LogP contribution in [0.2, 0.25) is 0 Å². The summed E-state index contributed by atoms with van der Waals surface area (Å²) in [6.45, 7) is 4.20. The Morgan fingerprint density at radius 2 is 1.73 bits per heavy atom. The Hall–Kier alpha value is -3.09. The van der Waals surface area contributed by atoms with Gasteiger partial charge in [-0.1, -0.05) is 12.1 Å².